The number of primary amides is 1. The maximum absolute atomic E-state index is 11.3. The highest BCUT2D eigenvalue weighted by molar-refractivity contribution is 7.13. The van der Waals surface area contributed by atoms with Gasteiger partial charge in [-0.2, -0.15) is 0 Å². The Hall–Kier alpha value is -2.14. The van der Waals surface area contributed by atoms with Crippen LogP contribution in [0.2, 0.25) is 0 Å². The van der Waals surface area contributed by atoms with E-state index in [1.54, 1.807) is 11.3 Å². The van der Waals surface area contributed by atoms with E-state index < -0.39 is 5.91 Å². The van der Waals surface area contributed by atoms with Gasteiger partial charge in [-0.05, 0) is 23.6 Å². The lowest BCUT2D eigenvalue weighted by Gasteiger charge is -1.96. The number of hydrogen-bond donors (Lipinski definition) is 1. The van der Waals surface area contributed by atoms with Crippen molar-refractivity contribution in [2.24, 2.45) is 5.73 Å². The number of fused-ring (bicyclic) bond motifs is 1. The highest BCUT2D eigenvalue weighted by atomic mass is 32.1. The molecule has 0 unspecified atom stereocenters. The van der Waals surface area contributed by atoms with Crippen LogP contribution in [0, 0.1) is 0 Å². The van der Waals surface area contributed by atoms with Crippen LogP contribution in [-0.2, 0) is 0 Å². The Morgan fingerprint density at radius 1 is 1.29 bits per heavy atom. The summed E-state index contributed by atoms with van der Waals surface area (Å²) in [5, 5.41) is 1.98. The lowest BCUT2D eigenvalue weighted by Crippen LogP contribution is -2.11. The number of imidazole rings is 1. The summed E-state index contributed by atoms with van der Waals surface area (Å²) in [6, 6.07) is 9.52. The van der Waals surface area contributed by atoms with Crippen molar-refractivity contribution in [3.05, 3.63) is 47.6 Å². The Labute approximate surface area is 101 Å². The molecule has 3 aromatic heterocycles. The largest absolute Gasteiger partial charge is 0.364 e. The number of rotatable bonds is 2. The average molecular weight is 243 g/mol. The topological polar surface area (TPSA) is 60.4 Å². The van der Waals surface area contributed by atoms with Gasteiger partial charge < -0.3 is 5.73 Å². The van der Waals surface area contributed by atoms with E-state index in [-0.39, 0.29) is 0 Å². The Balaban J connectivity index is 2.37. The van der Waals surface area contributed by atoms with Crippen LogP contribution in [0.4, 0.5) is 0 Å². The lowest BCUT2D eigenvalue weighted by molar-refractivity contribution is 0.0997. The summed E-state index contributed by atoms with van der Waals surface area (Å²) in [5.74, 6) is 0.251. The van der Waals surface area contributed by atoms with E-state index in [0.29, 0.717) is 5.69 Å². The van der Waals surface area contributed by atoms with E-state index in [1.165, 1.54) is 0 Å². The molecule has 0 saturated carbocycles. The molecule has 0 spiro atoms. The molecule has 1 amide bonds. The van der Waals surface area contributed by atoms with Gasteiger partial charge in [0.25, 0.3) is 5.91 Å². The van der Waals surface area contributed by atoms with Gasteiger partial charge in [0.15, 0.2) is 11.5 Å². The van der Waals surface area contributed by atoms with Crippen molar-refractivity contribution in [1.29, 1.82) is 0 Å². The SMILES string of the molecule is NC(=O)c1nc(-c2cccs2)n2ccccc12. The van der Waals surface area contributed by atoms with E-state index in [2.05, 4.69) is 4.98 Å². The van der Waals surface area contributed by atoms with Crippen molar-refractivity contribution < 1.29 is 4.79 Å². The standard InChI is InChI=1S/C12H9N3OS/c13-11(16)10-8-4-1-2-6-15(8)12(14-10)9-5-3-7-17-9/h1-7H,(H2,13,16). The van der Waals surface area contributed by atoms with Gasteiger partial charge in [0.05, 0.1) is 10.4 Å². The second-order valence-corrected chi connectivity index (χ2v) is 4.53. The first-order chi connectivity index (χ1) is 8.27. The molecular weight excluding hydrogens is 234 g/mol. The molecule has 0 aliphatic heterocycles. The van der Waals surface area contributed by atoms with Gasteiger partial charge >= 0.3 is 0 Å². The first-order valence-corrected chi connectivity index (χ1v) is 5.96. The van der Waals surface area contributed by atoms with E-state index in [0.717, 1.165) is 16.2 Å². The van der Waals surface area contributed by atoms with Gasteiger partial charge in [0.2, 0.25) is 0 Å². The Bertz CT molecular complexity index is 685. The van der Waals surface area contributed by atoms with Crippen LogP contribution < -0.4 is 5.73 Å². The van der Waals surface area contributed by atoms with Gasteiger partial charge in [0, 0.05) is 6.20 Å². The summed E-state index contributed by atoms with van der Waals surface area (Å²) in [5.41, 5.74) is 6.39. The number of pyridine rings is 1. The zero-order valence-electron chi connectivity index (χ0n) is 8.83. The molecule has 17 heavy (non-hydrogen) atoms. The Morgan fingerprint density at radius 3 is 2.88 bits per heavy atom. The van der Waals surface area contributed by atoms with Crippen molar-refractivity contribution >= 4 is 22.8 Å². The number of amides is 1. The molecule has 4 nitrogen and oxygen atoms in total. The summed E-state index contributed by atoms with van der Waals surface area (Å²) >= 11 is 1.58. The number of aromatic nitrogens is 2. The predicted octanol–water partition coefficient (Wildman–Crippen LogP) is 2.16. The molecule has 3 heterocycles. The third-order valence-corrected chi connectivity index (χ3v) is 3.39. The molecule has 0 aliphatic rings. The van der Waals surface area contributed by atoms with Crippen LogP contribution in [0.5, 0.6) is 0 Å². The van der Waals surface area contributed by atoms with E-state index in [4.69, 9.17) is 5.73 Å². The molecule has 0 saturated heterocycles. The van der Waals surface area contributed by atoms with Crippen molar-refractivity contribution in [3.8, 4) is 10.7 Å². The molecule has 3 rings (SSSR count). The maximum atomic E-state index is 11.3. The first-order valence-electron chi connectivity index (χ1n) is 5.08. The van der Waals surface area contributed by atoms with Crippen molar-refractivity contribution in [2.45, 2.75) is 0 Å². The van der Waals surface area contributed by atoms with Gasteiger partial charge in [-0.3, -0.25) is 9.20 Å². The van der Waals surface area contributed by atoms with Crippen LogP contribution in [-0.4, -0.2) is 15.3 Å². The maximum Gasteiger partial charge on any atom is 0.269 e. The smallest absolute Gasteiger partial charge is 0.269 e. The molecule has 0 atom stereocenters. The fraction of sp³-hybridized carbons (Fsp3) is 0. The number of nitrogens with two attached hydrogens (primary N) is 1. The molecule has 2 N–H and O–H groups in total. The second-order valence-electron chi connectivity index (χ2n) is 3.58. The third-order valence-electron chi connectivity index (χ3n) is 2.52. The minimum absolute atomic E-state index is 0.314. The third kappa shape index (κ3) is 1.52. The number of thiophene rings is 1. The molecule has 0 radical (unpaired) electrons. The summed E-state index contributed by atoms with van der Waals surface area (Å²) in [4.78, 5) is 16.7. The van der Waals surface area contributed by atoms with Gasteiger partial charge in [-0.15, -0.1) is 11.3 Å². The molecular formula is C12H9N3OS. The fourth-order valence-corrected chi connectivity index (χ4v) is 2.51. The average Bonchev–Trinajstić information content (AvgIpc) is 2.95. The zero-order valence-corrected chi connectivity index (χ0v) is 9.65. The fourth-order valence-electron chi connectivity index (χ4n) is 1.80. The minimum Gasteiger partial charge on any atom is -0.364 e. The number of carbonyl (C=O) groups is 1. The second kappa shape index (κ2) is 3.71. The normalized spacial score (nSPS) is 10.8. The van der Waals surface area contributed by atoms with Crippen molar-refractivity contribution in [3.63, 3.8) is 0 Å². The molecule has 3 aromatic rings. The quantitative estimate of drug-likeness (QED) is 0.749. The highest BCUT2D eigenvalue weighted by Gasteiger charge is 2.15. The molecule has 0 aromatic carbocycles. The monoisotopic (exact) mass is 243 g/mol. The van der Waals surface area contributed by atoms with Gasteiger partial charge in [0.1, 0.15) is 0 Å². The van der Waals surface area contributed by atoms with Crippen molar-refractivity contribution in [2.75, 3.05) is 0 Å². The predicted molar refractivity (Wildman–Crippen MR) is 67.0 cm³/mol. The number of nitrogens with zero attached hydrogens (tertiary/aromatic N) is 2. The van der Waals surface area contributed by atoms with Crippen LogP contribution in [0.3, 0.4) is 0 Å². The Kier molecular flexibility index (Phi) is 2.19. The number of hydrogen-bond acceptors (Lipinski definition) is 3. The summed E-state index contributed by atoms with van der Waals surface area (Å²) in [6.45, 7) is 0. The lowest BCUT2D eigenvalue weighted by atomic mass is 10.3. The zero-order chi connectivity index (χ0) is 11.8. The molecule has 5 heteroatoms. The van der Waals surface area contributed by atoms with Crippen LogP contribution >= 0.6 is 11.3 Å². The summed E-state index contributed by atoms with van der Waals surface area (Å²) in [6.07, 6.45) is 1.88. The summed E-state index contributed by atoms with van der Waals surface area (Å²) < 4.78 is 1.88. The molecule has 84 valence electrons. The number of carbonyl (C=O) groups excluding carboxylic acids is 1. The highest BCUT2D eigenvalue weighted by Crippen LogP contribution is 2.26. The Morgan fingerprint density at radius 2 is 2.18 bits per heavy atom. The molecule has 0 bridgehead atoms. The minimum atomic E-state index is -0.503. The van der Waals surface area contributed by atoms with E-state index >= 15 is 0 Å². The van der Waals surface area contributed by atoms with Gasteiger partial charge in [-0.1, -0.05) is 12.1 Å². The van der Waals surface area contributed by atoms with Gasteiger partial charge in [-0.25, -0.2) is 4.98 Å². The summed E-state index contributed by atoms with van der Waals surface area (Å²) in [7, 11) is 0. The molecule has 0 aliphatic carbocycles. The van der Waals surface area contributed by atoms with E-state index in [9.17, 15) is 4.79 Å². The van der Waals surface area contributed by atoms with Crippen LogP contribution in [0.25, 0.3) is 16.2 Å². The molecule has 0 fully saturated rings. The van der Waals surface area contributed by atoms with Crippen LogP contribution in [0.1, 0.15) is 10.5 Å². The first kappa shape index (κ1) is 10.0. The van der Waals surface area contributed by atoms with E-state index in [1.807, 2.05) is 46.3 Å². The van der Waals surface area contributed by atoms with Crippen LogP contribution in [0.15, 0.2) is 41.9 Å². The van der Waals surface area contributed by atoms with Crippen molar-refractivity contribution in [1.82, 2.24) is 9.38 Å².